The molecule has 0 radical (unpaired) electrons. The van der Waals surface area contributed by atoms with Gasteiger partial charge in [0.25, 0.3) is 0 Å². The van der Waals surface area contributed by atoms with Crippen LogP contribution in [0.5, 0.6) is 0 Å². The maximum atomic E-state index is 14.5. The van der Waals surface area contributed by atoms with Gasteiger partial charge in [-0.1, -0.05) is 19.8 Å². The standard InChI is InChI=1S/C13H24FNO2/c1-5-13(14)9-7-6-8-10(13)15-11(16)17-12(2,3)4/h10H,5-9H2,1-4H3,(H,15,16)/t10-,13-/m0/s1. The summed E-state index contributed by atoms with van der Waals surface area (Å²) in [5.74, 6) is 0. The van der Waals surface area contributed by atoms with E-state index >= 15 is 0 Å². The lowest BCUT2D eigenvalue weighted by Gasteiger charge is -2.37. The summed E-state index contributed by atoms with van der Waals surface area (Å²) < 4.78 is 19.7. The van der Waals surface area contributed by atoms with Crippen LogP contribution in [0.25, 0.3) is 0 Å². The van der Waals surface area contributed by atoms with Gasteiger partial charge in [-0.05, 0) is 40.0 Å². The molecule has 1 rings (SSSR count). The van der Waals surface area contributed by atoms with Crippen LogP contribution in [0, 0.1) is 0 Å². The lowest BCUT2D eigenvalue weighted by molar-refractivity contribution is 0.0250. The van der Waals surface area contributed by atoms with Gasteiger partial charge >= 0.3 is 6.09 Å². The molecule has 1 amide bonds. The zero-order valence-corrected chi connectivity index (χ0v) is 11.3. The van der Waals surface area contributed by atoms with Crippen molar-refractivity contribution in [2.24, 2.45) is 0 Å². The summed E-state index contributed by atoms with van der Waals surface area (Å²) >= 11 is 0. The van der Waals surface area contributed by atoms with E-state index in [0.29, 0.717) is 19.3 Å². The summed E-state index contributed by atoms with van der Waals surface area (Å²) in [5, 5.41) is 2.68. The molecule has 1 aliphatic rings. The topological polar surface area (TPSA) is 38.3 Å². The van der Waals surface area contributed by atoms with E-state index in [9.17, 15) is 9.18 Å². The van der Waals surface area contributed by atoms with Gasteiger partial charge in [0, 0.05) is 0 Å². The van der Waals surface area contributed by atoms with E-state index in [0.717, 1.165) is 12.8 Å². The SMILES string of the molecule is CC[C@]1(F)CCCC[C@@H]1NC(=O)OC(C)(C)C. The second-order valence-corrected chi connectivity index (χ2v) is 5.83. The molecular formula is C13H24FNO2. The first kappa shape index (κ1) is 14.3. The molecular weight excluding hydrogens is 221 g/mol. The highest BCUT2D eigenvalue weighted by molar-refractivity contribution is 5.68. The minimum absolute atomic E-state index is 0.406. The van der Waals surface area contributed by atoms with Crippen molar-refractivity contribution in [3.63, 3.8) is 0 Å². The number of ether oxygens (including phenoxy) is 1. The fourth-order valence-corrected chi connectivity index (χ4v) is 2.27. The number of alkyl carbamates (subject to hydrolysis) is 1. The van der Waals surface area contributed by atoms with Crippen molar-refractivity contribution in [3.05, 3.63) is 0 Å². The molecule has 0 saturated heterocycles. The molecule has 17 heavy (non-hydrogen) atoms. The Morgan fingerprint density at radius 1 is 1.47 bits per heavy atom. The maximum Gasteiger partial charge on any atom is 0.407 e. The molecule has 1 aliphatic carbocycles. The van der Waals surface area contributed by atoms with Gasteiger partial charge in [0.05, 0.1) is 6.04 Å². The van der Waals surface area contributed by atoms with Crippen molar-refractivity contribution in [1.82, 2.24) is 5.32 Å². The summed E-state index contributed by atoms with van der Waals surface area (Å²) in [5.41, 5.74) is -1.81. The van der Waals surface area contributed by atoms with Gasteiger partial charge < -0.3 is 10.1 Å². The summed E-state index contributed by atoms with van der Waals surface area (Å²) in [7, 11) is 0. The van der Waals surface area contributed by atoms with Crippen LogP contribution in [0.3, 0.4) is 0 Å². The number of carbonyl (C=O) groups excluding carboxylic acids is 1. The number of hydrogen-bond donors (Lipinski definition) is 1. The van der Waals surface area contributed by atoms with E-state index in [2.05, 4.69) is 5.32 Å². The van der Waals surface area contributed by atoms with Crippen molar-refractivity contribution >= 4 is 6.09 Å². The minimum atomic E-state index is -1.27. The van der Waals surface area contributed by atoms with E-state index in [1.54, 1.807) is 20.8 Å². The maximum absolute atomic E-state index is 14.5. The molecule has 1 saturated carbocycles. The Morgan fingerprint density at radius 3 is 2.65 bits per heavy atom. The second-order valence-electron chi connectivity index (χ2n) is 5.83. The van der Waals surface area contributed by atoms with E-state index in [1.165, 1.54) is 0 Å². The predicted octanol–water partition coefficient (Wildman–Crippen LogP) is 3.57. The van der Waals surface area contributed by atoms with E-state index in [4.69, 9.17) is 4.74 Å². The van der Waals surface area contributed by atoms with Gasteiger partial charge in [-0.15, -0.1) is 0 Å². The van der Waals surface area contributed by atoms with Crippen molar-refractivity contribution < 1.29 is 13.9 Å². The van der Waals surface area contributed by atoms with E-state index in [1.807, 2.05) is 6.92 Å². The molecule has 2 atom stereocenters. The number of rotatable bonds is 2. The van der Waals surface area contributed by atoms with Crippen molar-refractivity contribution in [3.8, 4) is 0 Å². The quantitative estimate of drug-likeness (QED) is 0.807. The average molecular weight is 245 g/mol. The molecule has 3 nitrogen and oxygen atoms in total. The number of amides is 1. The third kappa shape index (κ3) is 4.17. The van der Waals surface area contributed by atoms with Gasteiger partial charge in [0.15, 0.2) is 0 Å². The summed E-state index contributed by atoms with van der Waals surface area (Å²) in [6, 6.07) is -0.406. The molecule has 0 spiro atoms. The molecule has 0 aliphatic heterocycles. The first-order valence-electron chi connectivity index (χ1n) is 6.45. The Hall–Kier alpha value is -0.800. The number of nitrogens with one attached hydrogen (secondary N) is 1. The van der Waals surface area contributed by atoms with Crippen LogP contribution < -0.4 is 5.32 Å². The molecule has 1 N–H and O–H groups in total. The minimum Gasteiger partial charge on any atom is -0.444 e. The number of alkyl halides is 1. The number of carbonyl (C=O) groups is 1. The normalized spacial score (nSPS) is 29.8. The molecule has 0 aromatic heterocycles. The van der Waals surface area contributed by atoms with Crippen molar-refractivity contribution in [2.45, 2.75) is 77.1 Å². The summed E-state index contributed by atoms with van der Waals surface area (Å²) in [4.78, 5) is 11.6. The second kappa shape index (κ2) is 5.23. The van der Waals surface area contributed by atoms with Gasteiger partial charge in [-0.2, -0.15) is 0 Å². The van der Waals surface area contributed by atoms with Gasteiger partial charge in [-0.25, -0.2) is 9.18 Å². The first-order chi connectivity index (χ1) is 7.77. The van der Waals surface area contributed by atoms with Crippen molar-refractivity contribution in [2.75, 3.05) is 0 Å². The van der Waals surface area contributed by atoms with Crippen LogP contribution in [0.1, 0.15) is 59.8 Å². The molecule has 4 heteroatoms. The monoisotopic (exact) mass is 245 g/mol. The molecule has 100 valence electrons. The van der Waals surface area contributed by atoms with E-state index in [-0.39, 0.29) is 0 Å². The predicted molar refractivity (Wildman–Crippen MR) is 65.8 cm³/mol. The van der Waals surface area contributed by atoms with Crippen LogP contribution in [0.15, 0.2) is 0 Å². The van der Waals surface area contributed by atoms with Gasteiger partial charge in [-0.3, -0.25) is 0 Å². The lowest BCUT2D eigenvalue weighted by atomic mass is 9.80. The summed E-state index contributed by atoms with van der Waals surface area (Å²) in [6.45, 7) is 7.23. The highest BCUT2D eigenvalue weighted by atomic mass is 19.1. The molecule has 1 fully saturated rings. The van der Waals surface area contributed by atoms with Crippen LogP contribution in [-0.4, -0.2) is 23.4 Å². The van der Waals surface area contributed by atoms with Gasteiger partial charge in [0.1, 0.15) is 11.3 Å². The third-order valence-electron chi connectivity index (χ3n) is 3.24. The molecule has 0 aromatic rings. The average Bonchev–Trinajstić information content (AvgIpc) is 2.19. The lowest BCUT2D eigenvalue weighted by Crippen LogP contribution is -2.52. The van der Waals surface area contributed by atoms with Crippen LogP contribution in [-0.2, 0) is 4.74 Å². The zero-order valence-electron chi connectivity index (χ0n) is 11.3. The Balaban J connectivity index is 2.57. The zero-order chi connectivity index (χ0) is 13.1. The smallest absolute Gasteiger partial charge is 0.407 e. The number of halogens is 1. The first-order valence-corrected chi connectivity index (χ1v) is 6.45. The molecule has 0 unspecified atom stereocenters. The van der Waals surface area contributed by atoms with Gasteiger partial charge in [0.2, 0.25) is 0 Å². The fraction of sp³-hybridized carbons (Fsp3) is 0.923. The third-order valence-corrected chi connectivity index (χ3v) is 3.24. The Morgan fingerprint density at radius 2 is 2.12 bits per heavy atom. The van der Waals surface area contributed by atoms with Crippen LogP contribution in [0.4, 0.5) is 9.18 Å². The highest BCUT2D eigenvalue weighted by Crippen LogP contribution is 2.34. The fourth-order valence-electron chi connectivity index (χ4n) is 2.27. The Kier molecular flexibility index (Phi) is 4.39. The number of hydrogen-bond acceptors (Lipinski definition) is 2. The Labute approximate surface area is 103 Å². The molecule has 0 aromatic carbocycles. The molecule has 0 heterocycles. The Bertz CT molecular complexity index is 275. The molecule has 0 bridgehead atoms. The van der Waals surface area contributed by atoms with Crippen molar-refractivity contribution in [1.29, 1.82) is 0 Å². The van der Waals surface area contributed by atoms with Crippen LogP contribution in [0.2, 0.25) is 0 Å². The highest BCUT2D eigenvalue weighted by Gasteiger charge is 2.40. The van der Waals surface area contributed by atoms with E-state index < -0.39 is 23.4 Å². The van der Waals surface area contributed by atoms with Crippen LogP contribution >= 0.6 is 0 Å². The largest absolute Gasteiger partial charge is 0.444 e. The summed E-state index contributed by atoms with van der Waals surface area (Å²) in [6.07, 6.45) is 3.02.